The number of fused-ring (bicyclic) bond motifs is 2. The van der Waals surface area contributed by atoms with Gasteiger partial charge in [0, 0.05) is 41.7 Å². The summed E-state index contributed by atoms with van der Waals surface area (Å²) >= 11 is 1.50. The second-order valence-corrected chi connectivity index (χ2v) is 11.2. The fourth-order valence-corrected chi connectivity index (χ4v) is 5.25. The van der Waals surface area contributed by atoms with E-state index in [1.807, 2.05) is 54.7 Å². The third-order valence-electron chi connectivity index (χ3n) is 6.61. The number of pyridine rings is 1. The number of anilines is 4. The molecular formula is C33H29N7O3S. The van der Waals surface area contributed by atoms with Gasteiger partial charge in [-0.25, -0.2) is 4.98 Å². The summed E-state index contributed by atoms with van der Waals surface area (Å²) in [5.41, 5.74) is 5.16. The van der Waals surface area contributed by atoms with Gasteiger partial charge in [0.15, 0.2) is 0 Å². The Bertz CT molecular complexity index is 1900. The Hall–Kier alpha value is -5.39. The van der Waals surface area contributed by atoms with Gasteiger partial charge in [-0.05, 0) is 79.6 Å². The number of thiophene rings is 1. The Kier molecular flexibility index (Phi) is 8.39. The molecule has 1 aliphatic carbocycles. The molecule has 0 saturated carbocycles. The molecule has 6 rings (SSSR count). The number of hydrogen-bond donors (Lipinski definition) is 3. The maximum absolute atomic E-state index is 12.9. The van der Waals surface area contributed by atoms with Crippen LogP contribution in [0.25, 0.3) is 16.3 Å². The van der Waals surface area contributed by atoms with Crippen LogP contribution in [0.2, 0.25) is 0 Å². The number of likely N-dealkylation sites (N-methyl/N-ethyl adjacent to an activating group) is 1. The number of nitrogens with one attached hydrogen (secondary N) is 3. The van der Waals surface area contributed by atoms with Gasteiger partial charge in [0.1, 0.15) is 10.4 Å². The van der Waals surface area contributed by atoms with E-state index in [1.54, 1.807) is 48.7 Å². The van der Waals surface area contributed by atoms with E-state index in [9.17, 15) is 9.59 Å². The van der Waals surface area contributed by atoms with E-state index in [1.165, 1.54) is 17.4 Å². The van der Waals surface area contributed by atoms with Gasteiger partial charge < -0.3 is 25.6 Å². The van der Waals surface area contributed by atoms with E-state index in [0.29, 0.717) is 46.7 Å². The third-order valence-corrected chi connectivity index (χ3v) is 7.50. The standard InChI is InChI=1S/C33H29N7O3S/c1-40(2)16-5-10-29(41)35-23-13-11-21(12-14-23)31(42)36-24-7-4-8-25(19-24)37-33-38-28-15-17-44-30(28)32(39-33)43-26-18-22-6-3-9-27(22)34-20-26/h3-8,10-15,17-20H,9,16H2,1-2H3,(H,35,41)(H,36,42)(H,37,38,39)/b10-5+. The Morgan fingerprint density at radius 2 is 1.84 bits per heavy atom. The largest absolute Gasteiger partial charge is 0.436 e. The Balaban J connectivity index is 1.12. The van der Waals surface area contributed by atoms with Crippen LogP contribution in [-0.4, -0.2) is 52.3 Å². The highest BCUT2D eigenvalue weighted by atomic mass is 32.1. The minimum atomic E-state index is -0.282. The summed E-state index contributed by atoms with van der Waals surface area (Å²) in [6.07, 6.45) is 9.92. The monoisotopic (exact) mass is 603 g/mol. The first-order chi connectivity index (χ1) is 21.4. The molecule has 3 heterocycles. The average Bonchev–Trinajstić information content (AvgIpc) is 3.67. The zero-order valence-electron chi connectivity index (χ0n) is 24.1. The molecule has 1 aliphatic rings. The van der Waals surface area contributed by atoms with Crippen LogP contribution in [-0.2, 0) is 11.2 Å². The fourth-order valence-electron chi connectivity index (χ4n) is 4.50. The summed E-state index contributed by atoms with van der Waals surface area (Å²) in [5, 5.41) is 10.9. The molecule has 0 bridgehead atoms. The van der Waals surface area contributed by atoms with Crippen LogP contribution in [0.3, 0.4) is 0 Å². The Morgan fingerprint density at radius 1 is 1.00 bits per heavy atom. The van der Waals surface area contributed by atoms with Crippen LogP contribution in [0.5, 0.6) is 11.6 Å². The number of rotatable bonds is 10. The smallest absolute Gasteiger partial charge is 0.255 e. The van der Waals surface area contributed by atoms with Crippen molar-refractivity contribution in [2.45, 2.75) is 6.42 Å². The van der Waals surface area contributed by atoms with Crippen LogP contribution >= 0.6 is 11.3 Å². The van der Waals surface area contributed by atoms with Gasteiger partial charge in [-0.3, -0.25) is 14.6 Å². The van der Waals surface area contributed by atoms with Crippen molar-refractivity contribution in [3.8, 4) is 11.6 Å². The quantitative estimate of drug-likeness (QED) is 0.155. The minimum Gasteiger partial charge on any atom is -0.436 e. The van der Waals surface area contributed by atoms with E-state index in [2.05, 4.69) is 37.0 Å². The molecule has 10 nitrogen and oxygen atoms in total. The van der Waals surface area contributed by atoms with Crippen molar-refractivity contribution >= 4 is 62.5 Å². The SMILES string of the molecule is CN(C)C/C=C/C(=O)Nc1ccc(C(=O)Nc2cccc(Nc3nc(Oc4cnc5c(c4)C=CC5)c4sccc4n3)c2)cc1. The number of benzene rings is 2. The normalized spacial score (nSPS) is 12.1. The first kappa shape index (κ1) is 28.7. The molecule has 2 amide bonds. The predicted molar refractivity (Wildman–Crippen MR) is 175 cm³/mol. The number of carbonyl (C=O) groups excluding carboxylic acids is 2. The second-order valence-electron chi connectivity index (χ2n) is 10.3. The second kappa shape index (κ2) is 12.9. The highest BCUT2D eigenvalue weighted by Crippen LogP contribution is 2.34. The third kappa shape index (κ3) is 6.97. The molecule has 2 aromatic carbocycles. The summed E-state index contributed by atoms with van der Waals surface area (Å²) in [6, 6.07) is 17.9. The lowest BCUT2D eigenvalue weighted by Crippen LogP contribution is -2.13. The van der Waals surface area contributed by atoms with E-state index in [-0.39, 0.29) is 11.8 Å². The van der Waals surface area contributed by atoms with Gasteiger partial charge in [0.25, 0.3) is 5.91 Å². The first-order valence-corrected chi connectivity index (χ1v) is 14.8. The molecular weight excluding hydrogens is 574 g/mol. The van der Waals surface area contributed by atoms with Gasteiger partial charge in [-0.15, -0.1) is 11.3 Å². The maximum Gasteiger partial charge on any atom is 0.255 e. The highest BCUT2D eigenvalue weighted by Gasteiger charge is 2.15. The number of nitrogens with zero attached hydrogens (tertiary/aromatic N) is 4. The zero-order valence-corrected chi connectivity index (χ0v) is 24.9. The lowest BCUT2D eigenvalue weighted by Gasteiger charge is -2.11. The highest BCUT2D eigenvalue weighted by molar-refractivity contribution is 7.17. The molecule has 220 valence electrons. The molecule has 0 radical (unpaired) electrons. The van der Waals surface area contributed by atoms with Crippen LogP contribution < -0.4 is 20.7 Å². The Morgan fingerprint density at radius 3 is 2.68 bits per heavy atom. The lowest BCUT2D eigenvalue weighted by molar-refractivity contribution is -0.111. The Labute approximate surface area is 258 Å². The zero-order chi connectivity index (χ0) is 30.5. The van der Waals surface area contributed by atoms with Crippen molar-refractivity contribution in [2.24, 2.45) is 0 Å². The van der Waals surface area contributed by atoms with Gasteiger partial charge in [-0.2, -0.15) is 4.98 Å². The van der Waals surface area contributed by atoms with Crippen molar-refractivity contribution in [3.05, 3.63) is 107 Å². The summed E-state index contributed by atoms with van der Waals surface area (Å²) in [7, 11) is 3.85. The molecule has 44 heavy (non-hydrogen) atoms. The summed E-state index contributed by atoms with van der Waals surface area (Å²) in [4.78, 5) is 40.8. The van der Waals surface area contributed by atoms with E-state index in [4.69, 9.17) is 4.74 Å². The van der Waals surface area contributed by atoms with Crippen LogP contribution in [0.15, 0.2) is 90.5 Å². The van der Waals surface area contributed by atoms with Gasteiger partial charge in [-0.1, -0.05) is 24.3 Å². The molecule has 0 atom stereocenters. The minimum absolute atomic E-state index is 0.230. The van der Waals surface area contributed by atoms with Crippen LogP contribution in [0.1, 0.15) is 21.6 Å². The van der Waals surface area contributed by atoms with Gasteiger partial charge in [0.05, 0.1) is 17.4 Å². The van der Waals surface area contributed by atoms with E-state index >= 15 is 0 Å². The van der Waals surface area contributed by atoms with Crippen LogP contribution in [0.4, 0.5) is 23.0 Å². The van der Waals surface area contributed by atoms with Crippen molar-refractivity contribution in [1.82, 2.24) is 19.9 Å². The topological polar surface area (TPSA) is 121 Å². The van der Waals surface area contributed by atoms with Crippen molar-refractivity contribution < 1.29 is 14.3 Å². The predicted octanol–water partition coefficient (Wildman–Crippen LogP) is 6.50. The number of carbonyl (C=O) groups is 2. The molecule has 3 N–H and O–H groups in total. The maximum atomic E-state index is 12.9. The molecule has 0 saturated heterocycles. The molecule has 11 heteroatoms. The van der Waals surface area contributed by atoms with Crippen molar-refractivity contribution in [1.29, 1.82) is 0 Å². The average molecular weight is 604 g/mol. The molecule has 0 aliphatic heterocycles. The lowest BCUT2D eigenvalue weighted by atomic mass is 10.2. The number of allylic oxidation sites excluding steroid dienone is 1. The number of amides is 2. The molecule has 3 aromatic heterocycles. The number of hydrogen-bond acceptors (Lipinski definition) is 9. The van der Waals surface area contributed by atoms with Gasteiger partial charge >= 0.3 is 0 Å². The first-order valence-electron chi connectivity index (χ1n) is 13.9. The number of ether oxygens (including phenoxy) is 1. The van der Waals surface area contributed by atoms with Gasteiger partial charge in [0.2, 0.25) is 17.7 Å². The number of aromatic nitrogens is 3. The summed E-state index contributed by atoms with van der Waals surface area (Å²) in [5.74, 6) is 0.885. The summed E-state index contributed by atoms with van der Waals surface area (Å²) in [6.45, 7) is 0.668. The molecule has 0 fully saturated rings. The van der Waals surface area contributed by atoms with Crippen LogP contribution in [0, 0.1) is 0 Å². The van der Waals surface area contributed by atoms with Crippen molar-refractivity contribution in [2.75, 3.05) is 36.6 Å². The summed E-state index contributed by atoms with van der Waals surface area (Å²) < 4.78 is 7.00. The molecule has 0 spiro atoms. The molecule has 5 aromatic rings. The molecule has 0 unspecified atom stereocenters. The van der Waals surface area contributed by atoms with E-state index < -0.39 is 0 Å². The van der Waals surface area contributed by atoms with Crippen molar-refractivity contribution in [3.63, 3.8) is 0 Å². The fraction of sp³-hybridized carbons (Fsp3) is 0.121. The van der Waals surface area contributed by atoms with E-state index in [0.717, 1.165) is 27.9 Å².